The van der Waals surface area contributed by atoms with Gasteiger partial charge in [0.1, 0.15) is 31.7 Å². The molecule has 4 aromatic rings. The second kappa shape index (κ2) is 7.61. The standard InChI is InChI=1S/C18H16N4O3S3/c1-4-25-18(24)12-8(2)11-14(23)21-13(22-17(11)28-12)9(3)27-16-10-5-6-26-15(10)19-7-20-16/h5-7,9H,4H2,1-3H3,(H,21,22,23)/t9-/m0/s1. The summed E-state index contributed by atoms with van der Waals surface area (Å²) in [6.45, 7) is 5.74. The van der Waals surface area contributed by atoms with Crippen LogP contribution in [-0.4, -0.2) is 32.5 Å². The second-order valence-corrected chi connectivity index (χ2v) is 9.21. The Morgan fingerprint density at radius 2 is 2.18 bits per heavy atom. The smallest absolute Gasteiger partial charge is 0.348 e. The predicted octanol–water partition coefficient (Wildman–Crippen LogP) is 4.33. The maximum atomic E-state index is 12.7. The fourth-order valence-electron chi connectivity index (χ4n) is 2.83. The van der Waals surface area contributed by atoms with Crippen molar-refractivity contribution in [3.8, 4) is 0 Å². The summed E-state index contributed by atoms with van der Waals surface area (Å²) < 4.78 is 5.08. The van der Waals surface area contributed by atoms with E-state index in [9.17, 15) is 9.59 Å². The van der Waals surface area contributed by atoms with Gasteiger partial charge in [0.25, 0.3) is 5.56 Å². The third kappa shape index (κ3) is 3.31. The molecule has 0 aliphatic heterocycles. The molecule has 0 aromatic carbocycles. The number of fused-ring (bicyclic) bond motifs is 2. The lowest BCUT2D eigenvalue weighted by atomic mass is 10.2. The molecule has 4 rings (SSSR count). The van der Waals surface area contributed by atoms with Crippen molar-refractivity contribution in [1.29, 1.82) is 0 Å². The third-order valence-electron chi connectivity index (χ3n) is 4.18. The first-order valence-corrected chi connectivity index (χ1v) is 11.1. The zero-order chi connectivity index (χ0) is 19.8. The molecule has 4 aromatic heterocycles. The van der Waals surface area contributed by atoms with E-state index >= 15 is 0 Å². The largest absolute Gasteiger partial charge is 0.462 e. The number of hydrogen-bond donors (Lipinski definition) is 1. The van der Waals surface area contributed by atoms with Crippen molar-refractivity contribution in [2.75, 3.05) is 6.61 Å². The minimum absolute atomic E-state index is 0.136. The molecule has 1 atom stereocenters. The predicted molar refractivity (Wildman–Crippen MR) is 113 cm³/mol. The normalized spacial score (nSPS) is 12.5. The summed E-state index contributed by atoms with van der Waals surface area (Å²) in [5.41, 5.74) is 0.356. The van der Waals surface area contributed by atoms with Gasteiger partial charge in [-0.1, -0.05) is 11.8 Å². The molecule has 0 saturated heterocycles. The molecule has 1 N–H and O–H groups in total. The Morgan fingerprint density at radius 3 is 2.96 bits per heavy atom. The van der Waals surface area contributed by atoms with Crippen LogP contribution < -0.4 is 5.56 Å². The minimum Gasteiger partial charge on any atom is -0.462 e. The molecule has 10 heteroatoms. The van der Waals surface area contributed by atoms with Crippen molar-refractivity contribution in [1.82, 2.24) is 19.9 Å². The van der Waals surface area contributed by atoms with E-state index in [1.165, 1.54) is 23.1 Å². The Morgan fingerprint density at radius 1 is 1.36 bits per heavy atom. The highest BCUT2D eigenvalue weighted by Gasteiger charge is 2.22. The van der Waals surface area contributed by atoms with Crippen LogP contribution in [0, 0.1) is 6.92 Å². The summed E-state index contributed by atoms with van der Waals surface area (Å²) in [4.78, 5) is 42.8. The molecule has 7 nitrogen and oxygen atoms in total. The zero-order valence-electron chi connectivity index (χ0n) is 15.3. The van der Waals surface area contributed by atoms with E-state index < -0.39 is 5.97 Å². The van der Waals surface area contributed by atoms with Gasteiger partial charge in [-0.05, 0) is 37.8 Å². The fraction of sp³-hybridized carbons (Fsp3) is 0.278. The Bertz CT molecular complexity index is 1240. The molecule has 0 fully saturated rings. The van der Waals surface area contributed by atoms with Crippen molar-refractivity contribution in [2.45, 2.75) is 31.0 Å². The highest BCUT2D eigenvalue weighted by molar-refractivity contribution is 7.99. The molecule has 144 valence electrons. The fourth-order valence-corrected chi connectivity index (χ4v) is 5.67. The van der Waals surface area contributed by atoms with Crippen molar-refractivity contribution in [2.24, 2.45) is 0 Å². The van der Waals surface area contributed by atoms with Gasteiger partial charge in [-0.15, -0.1) is 22.7 Å². The summed E-state index contributed by atoms with van der Waals surface area (Å²) in [6.07, 6.45) is 1.54. The first kappa shape index (κ1) is 19.0. The molecule has 0 unspecified atom stereocenters. The van der Waals surface area contributed by atoms with Crippen LogP contribution in [0.3, 0.4) is 0 Å². The Labute approximate surface area is 172 Å². The minimum atomic E-state index is -0.424. The van der Waals surface area contributed by atoms with Gasteiger partial charge in [0.2, 0.25) is 0 Å². The van der Waals surface area contributed by atoms with E-state index in [4.69, 9.17) is 4.74 Å². The van der Waals surface area contributed by atoms with Gasteiger partial charge < -0.3 is 9.72 Å². The summed E-state index contributed by atoms with van der Waals surface area (Å²) >= 11 is 4.26. The maximum Gasteiger partial charge on any atom is 0.348 e. The van der Waals surface area contributed by atoms with Crippen LogP contribution in [-0.2, 0) is 4.74 Å². The van der Waals surface area contributed by atoms with Gasteiger partial charge in [0.15, 0.2) is 0 Å². The van der Waals surface area contributed by atoms with Gasteiger partial charge in [-0.3, -0.25) is 4.79 Å². The number of H-pyrrole nitrogens is 1. The van der Waals surface area contributed by atoms with Gasteiger partial charge >= 0.3 is 5.97 Å². The number of aryl methyl sites for hydroxylation is 1. The number of carbonyl (C=O) groups is 1. The first-order valence-electron chi connectivity index (χ1n) is 8.54. The van der Waals surface area contributed by atoms with Gasteiger partial charge in [-0.25, -0.2) is 19.7 Å². The third-order valence-corrected chi connectivity index (χ3v) is 7.29. The molecular weight excluding hydrogens is 416 g/mol. The van der Waals surface area contributed by atoms with Gasteiger partial charge in [0, 0.05) is 5.39 Å². The van der Waals surface area contributed by atoms with Crippen LogP contribution in [0.4, 0.5) is 0 Å². The molecule has 0 radical (unpaired) electrons. The van der Waals surface area contributed by atoms with Crippen LogP contribution >= 0.6 is 34.4 Å². The van der Waals surface area contributed by atoms with Crippen LogP contribution in [0.2, 0.25) is 0 Å². The monoisotopic (exact) mass is 432 g/mol. The Hall–Kier alpha value is -2.30. The number of esters is 1. The topological polar surface area (TPSA) is 97.8 Å². The molecule has 0 bridgehead atoms. The number of ether oxygens (including phenoxy) is 1. The summed E-state index contributed by atoms with van der Waals surface area (Å²) in [5.74, 6) is 0.119. The highest BCUT2D eigenvalue weighted by atomic mass is 32.2. The lowest BCUT2D eigenvalue weighted by Gasteiger charge is -2.10. The van der Waals surface area contributed by atoms with Crippen molar-refractivity contribution >= 4 is 60.8 Å². The molecular formula is C18H16N4O3S3. The van der Waals surface area contributed by atoms with Gasteiger partial charge in [0.05, 0.1) is 17.2 Å². The number of thioether (sulfide) groups is 1. The van der Waals surface area contributed by atoms with Crippen LogP contribution in [0.15, 0.2) is 27.6 Å². The Kier molecular flexibility index (Phi) is 5.17. The number of thiophene rings is 2. The number of aromatic nitrogens is 4. The first-order chi connectivity index (χ1) is 13.5. The van der Waals surface area contributed by atoms with Crippen molar-refractivity contribution < 1.29 is 9.53 Å². The van der Waals surface area contributed by atoms with E-state index in [0.717, 1.165) is 15.2 Å². The van der Waals surface area contributed by atoms with Crippen molar-refractivity contribution in [3.63, 3.8) is 0 Å². The number of aromatic amines is 1. The highest BCUT2D eigenvalue weighted by Crippen LogP contribution is 2.37. The number of hydrogen-bond acceptors (Lipinski definition) is 9. The van der Waals surface area contributed by atoms with E-state index in [-0.39, 0.29) is 17.4 Å². The number of carbonyl (C=O) groups excluding carboxylic acids is 1. The SMILES string of the molecule is CCOC(=O)c1sc2nc([C@H](C)Sc3ncnc4sccc34)[nH]c(=O)c2c1C. The molecule has 0 spiro atoms. The molecule has 0 saturated carbocycles. The maximum absolute atomic E-state index is 12.7. The molecule has 0 aliphatic rings. The molecule has 4 heterocycles. The second-order valence-electron chi connectivity index (χ2n) is 5.99. The van der Waals surface area contributed by atoms with Crippen LogP contribution in [0.25, 0.3) is 20.4 Å². The van der Waals surface area contributed by atoms with E-state index in [0.29, 0.717) is 26.5 Å². The van der Waals surface area contributed by atoms with Crippen LogP contribution in [0.5, 0.6) is 0 Å². The van der Waals surface area contributed by atoms with Crippen molar-refractivity contribution in [3.05, 3.63) is 44.4 Å². The number of nitrogens with zero attached hydrogens (tertiary/aromatic N) is 3. The zero-order valence-corrected chi connectivity index (χ0v) is 17.8. The average molecular weight is 433 g/mol. The summed E-state index contributed by atoms with van der Waals surface area (Å²) in [7, 11) is 0. The Balaban J connectivity index is 1.71. The van der Waals surface area contributed by atoms with E-state index in [2.05, 4.69) is 19.9 Å². The quantitative estimate of drug-likeness (QED) is 0.285. The lowest BCUT2D eigenvalue weighted by molar-refractivity contribution is 0.0531. The van der Waals surface area contributed by atoms with Gasteiger partial charge in [-0.2, -0.15) is 0 Å². The lowest BCUT2D eigenvalue weighted by Crippen LogP contribution is -2.13. The molecule has 0 amide bonds. The summed E-state index contributed by atoms with van der Waals surface area (Å²) in [6, 6.07) is 1.99. The molecule has 0 aliphatic carbocycles. The van der Waals surface area contributed by atoms with Crippen LogP contribution in [0.1, 0.15) is 40.2 Å². The average Bonchev–Trinajstić information content (AvgIpc) is 3.27. The molecule has 28 heavy (non-hydrogen) atoms. The van der Waals surface area contributed by atoms with E-state index in [1.54, 1.807) is 31.5 Å². The number of nitrogens with one attached hydrogen (secondary N) is 1. The summed E-state index contributed by atoms with van der Waals surface area (Å²) in [5, 5.41) is 4.12. The number of rotatable bonds is 5. The van der Waals surface area contributed by atoms with E-state index in [1.807, 2.05) is 18.4 Å².